The maximum absolute atomic E-state index is 11.1. The first-order chi connectivity index (χ1) is 12.1. The van der Waals surface area contributed by atoms with Crippen LogP contribution in [-0.2, 0) is 4.79 Å². The van der Waals surface area contributed by atoms with Gasteiger partial charge < -0.3 is 4.79 Å². The fourth-order valence-electron chi connectivity index (χ4n) is 2.63. The van der Waals surface area contributed by atoms with Gasteiger partial charge in [0.15, 0.2) is 11.0 Å². The summed E-state index contributed by atoms with van der Waals surface area (Å²) in [5, 5.41) is 9.70. The minimum Gasteiger partial charge on any atom is -0.300 e. The monoisotopic (exact) mass is 351 g/mol. The third-order valence-electron chi connectivity index (χ3n) is 3.83. The van der Waals surface area contributed by atoms with Gasteiger partial charge in [-0.25, -0.2) is 0 Å². The molecule has 3 aromatic rings. The van der Waals surface area contributed by atoms with E-state index in [-0.39, 0.29) is 5.78 Å². The van der Waals surface area contributed by atoms with Crippen molar-refractivity contribution in [3.63, 3.8) is 0 Å². The summed E-state index contributed by atoms with van der Waals surface area (Å²) in [7, 11) is 0. The molecule has 0 radical (unpaired) electrons. The average Bonchev–Trinajstić information content (AvgIpc) is 3.03. The van der Waals surface area contributed by atoms with Gasteiger partial charge >= 0.3 is 0 Å². The zero-order valence-electron chi connectivity index (χ0n) is 14.5. The Kier molecular flexibility index (Phi) is 5.66. The molecule has 0 fully saturated rings. The predicted molar refractivity (Wildman–Crippen MR) is 102 cm³/mol. The number of rotatable bonds is 7. The van der Waals surface area contributed by atoms with Gasteiger partial charge in [-0.1, -0.05) is 53.7 Å². The molecule has 4 nitrogen and oxygen atoms in total. The highest BCUT2D eigenvalue weighted by Crippen LogP contribution is 2.28. The van der Waals surface area contributed by atoms with E-state index >= 15 is 0 Å². The summed E-state index contributed by atoms with van der Waals surface area (Å²) in [6, 6.07) is 18.4. The standard InChI is InChI=1S/C20H21N3OS/c1-15-8-6-10-17(14-15)19-21-22-20(25-13-7-9-16(2)24)23(19)18-11-4-3-5-12-18/h3-6,8,10-12,14H,7,9,13H2,1-2H3. The van der Waals surface area contributed by atoms with E-state index in [9.17, 15) is 4.79 Å². The highest BCUT2D eigenvalue weighted by molar-refractivity contribution is 7.99. The van der Waals surface area contributed by atoms with Gasteiger partial charge in [0.2, 0.25) is 0 Å². The summed E-state index contributed by atoms with van der Waals surface area (Å²) < 4.78 is 2.09. The molecular formula is C20H21N3OS. The van der Waals surface area contributed by atoms with Gasteiger partial charge in [-0.05, 0) is 38.5 Å². The zero-order valence-corrected chi connectivity index (χ0v) is 15.3. The number of aryl methyl sites for hydroxylation is 1. The van der Waals surface area contributed by atoms with Crippen LogP contribution in [0.3, 0.4) is 0 Å². The SMILES string of the molecule is CC(=O)CCCSc1nnc(-c2cccc(C)c2)n1-c1ccccc1. The fourth-order valence-corrected chi connectivity index (χ4v) is 3.52. The lowest BCUT2D eigenvalue weighted by Crippen LogP contribution is -2.00. The quantitative estimate of drug-likeness (QED) is 0.457. The van der Waals surface area contributed by atoms with E-state index in [1.807, 2.05) is 24.3 Å². The van der Waals surface area contributed by atoms with Gasteiger partial charge in [-0.3, -0.25) is 4.57 Å². The second-order valence-corrected chi connectivity index (χ2v) is 7.06. The molecule has 0 bridgehead atoms. The van der Waals surface area contributed by atoms with Crippen LogP contribution in [0.15, 0.2) is 59.8 Å². The van der Waals surface area contributed by atoms with Crippen molar-refractivity contribution in [1.29, 1.82) is 0 Å². The third-order valence-corrected chi connectivity index (χ3v) is 4.84. The molecule has 0 amide bonds. The van der Waals surface area contributed by atoms with Crippen molar-refractivity contribution in [1.82, 2.24) is 14.8 Å². The van der Waals surface area contributed by atoms with Crippen LogP contribution < -0.4 is 0 Å². The summed E-state index contributed by atoms with van der Waals surface area (Å²) in [5.74, 6) is 1.91. The molecule has 0 spiro atoms. The Morgan fingerprint density at radius 2 is 1.88 bits per heavy atom. The van der Waals surface area contributed by atoms with E-state index in [2.05, 4.69) is 52.0 Å². The van der Waals surface area contributed by atoms with Crippen LogP contribution in [0.2, 0.25) is 0 Å². The summed E-state index contributed by atoms with van der Waals surface area (Å²) in [6.45, 7) is 3.71. The topological polar surface area (TPSA) is 47.8 Å². The number of Topliss-reactive ketones (excluding diaryl/α,β-unsaturated/α-hetero) is 1. The lowest BCUT2D eigenvalue weighted by molar-refractivity contribution is -0.117. The minimum absolute atomic E-state index is 0.227. The molecule has 1 heterocycles. The number of carbonyl (C=O) groups is 1. The second-order valence-electron chi connectivity index (χ2n) is 6.00. The van der Waals surface area contributed by atoms with Crippen molar-refractivity contribution in [2.24, 2.45) is 0 Å². The first kappa shape index (κ1) is 17.4. The zero-order chi connectivity index (χ0) is 17.6. The summed E-state index contributed by atoms with van der Waals surface area (Å²) in [4.78, 5) is 11.1. The molecule has 2 aromatic carbocycles. The molecule has 0 saturated heterocycles. The number of nitrogens with zero attached hydrogens (tertiary/aromatic N) is 3. The Hall–Kier alpha value is -2.40. The molecule has 5 heteroatoms. The number of benzene rings is 2. The van der Waals surface area contributed by atoms with Gasteiger partial charge in [0.25, 0.3) is 0 Å². The van der Waals surface area contributed by atoms with Crippen LogP contribution in [0.5, 0.6) is 0 Å². The minimum atomic E-state index is 0.227. The molecule has 128 valence electrons. The fraction of sp³-hybridized carbons (Fsp3) is 0.250. The van der Waals surface area contributed by atoms with Crippen LogP contribution in [0.1, 0.15) is 25.3 Å². The maximum Gasteiger partial charge on any atom is 0.196 e. The molecule has 0 aliphatic heterocycles. The normalized spacial score (nSPS) is 10.8. The van der Waals surface area contributed by atoms with Crippen LogP contribution in [0, 0.1) is 6.92 Å². The Labute approximate surface area is 152 Å². The first-order valence-electron chi connectivity index (χ1n) is 8.35. The molecule has 3 rings (SSSR count). The number of para-hydroxylation sites is 1. The van der Waals surface area contributed by atoms with Gasteiger partial charge in [0.1, 0.15) is 5.78 Å². The molecule has 0 aliphatic carbocycles. The number of ketones is 1. The van der Waals surface area contributed by atoms with E-state index in [1.54, 1.807) is 18.7 Å². The average molecular weight is 351 g/mol. The van der Waals surface area contributed by atoms with Crippen LogP contribution in [-0.4, -0.2) is 26.3 Å². The summed E-state index contributed by atoms with van der Waals surface area (Å²) in [6.07, 6.45) is 1.46. The highest BCUT2D eigenvalue weighted by atomic mass is 32.2. The molecular weight excluding hydrogens is 330 g/mol. The number of thioether (sulfide) groups is 1. The van der Waals surface area contributed by atoms with Crippen molar-refractivity contribution in [2.45, 2.75) is 31.8 Å². The molecule has 0 aliphatic rings. The Morgan fingerprint density at radius 3 is 2.60 bits per heavy atom. The Bertz CT molecular complexity index is 858. The molecule has 0 unspecified atom stereocenters. The van der Waals surface area contributed by atoms with Crippen molar-refractivity contribution in [3.8, 4) is 17.1 Å². The molecule has 0 saturated carbocycles. The highest BCUT2D eigenvalue weighted by Gasteiger charge is 2.16. The van der Waals surface area contributed by atoms with E-state index in [0.717, 1.165) is 34.4 Å². The van der Waals surface area contributed by atoms with Crippen LogP contribution in [0.25, 0.3) is 17.1 Å². The third kappa shape index (κ3) is 4.37. The second kappa shape index (κ2) is 8.12. The molecule has 25 heavy (non-hydrogen) atoms. The largest absolute Gasteiger partial charge is 0.300 e. The molecule has 1 aromatic heterocycles. The van der Waals surface area contributed by atoms with Crippen molar-refractivity contribution >= 4 is 17.5 Å². The number of carbonyl (C=O) groups excluding carboxylic acids is 1. The van der Waals surface area contributed by atoms with E-state index in [4.69, 9.17) is 0 Å². The predicted octanol–water partition coefficient (Wildman–Crippen LogP) is 4.70. The van der Waals surface area contributed by atoms with E-state index in [1.165, 1.54) is 5.56 Å². The summed E-state index contributed by atoms with van der Waals surface area (Å²) in [5.41, 5.74) is 3.28. The van der Waals surface area contributed by atoms with Crippen LogP contribution in [0.4, 0.5) is 0 Å². The van der Waals surface area contributed by atoms with Gasteiger partial charge in [0, 0.05) is 23.4 Å². The van der Waals surface area contributed by atoms with Gasteiger partial charge in [-0.15, -0.1) is 10.2 Å². The smallest absolute Gasteiger partial charge is 0.196 e. The first-order valence-corrected chi connectivity index (χ1v) is 9.34. The van der Waals surface area contributed by atoms with Crippen molar-refractivity contribution in [2.75, 3.05) is 5.75 Å². The van der Waals surface area contributed by atoms with Crippen molar-refractivity contribution in [3.05, 3.63) is 60.2 Å². The van der Waals surface area contributed by atoms with Crippen LogP contribution >= 0.6 is 11.8 Å². The van der Waals surface area contributed by atoms with E-state index in [0.29, 0.717) is 6.42 Å². The number of hydrogen-bond acceptors (Lipinski definition) is 4. The summed E-state index contributed by atoms with van der Waals surface area (Å²) >= 11 is 1.64. The van der Waals surface area contributed by atoms with Crippen molar-refractivity contribution < 1.29 is 4.79 Å². The van der Waals surface area contributed by atoms with Gasteiger partial charge in [0.05, 0.1) is 0 Å². The Balaban J connectivity index is 1.95. The van der Waals surface area contributed by atoms with Gasteiger partial charge in [-0.2, -0.15) is 0 Å². The number of hydrogen-bond donors (Lipinski definition) is 0. The molecule has 0 atom stereocenters. The van der Waals surface area contributed by atoms with E-state index < -0.39 is 0 Å². The lowest BCUT2D eigenvalue weighted by atomic mass is 10.1. The number of aromatic nitrogens is 3. The Morgan fingerprint density at radius 1 is 1.08 bits per heavy atom. The lowest BCUT2D eigenvalue weighted by Gasteiger charge is -2.10. The maximum atomic E-state index is 11.1. The molecule has 0 N–H and O–H groups in total.